The Labute approximate surface area is 123 Å². The van der Waals surface area contributed by atoms with E-state index in [0.717, 1.165) is 19.3 Å². The van der Waals surface area contributed by atoms with E-state index in [9.17, 15) is 4.79 Å². The molecule has 0 radical (unpaired) electrons. The standard InChI is InChI=1S/C15H19ClN2O2/c16-13-9-17-7-4-12(13)14(19)18-11-8-15(20-10-11)5-2-1-3-6-15/h4,7,9,11H,1-3,5-6,8,10H2,(H,18,19)/t11-/m1/s1. The van der Waals surface area contributed by atoms with Gasteiger partial charge in [-0.05, 0) is 25.3 Å². The summed E-state index contributed by atoms with van der Waals surface area (Å²) in [6.07, 6.45) is 9.99. The van der Waals surface area contributed by atoms with Crippen LogP contribution in [0.4, 0.5) is 0 Å². The van der Waals surface area contributed by atoms with E-state index in [4.69, 9.17) is 16.3 Å². The number of ether oxygens (including phenoxy) is 1. The highest BCUT2D eigenvalue weighted by Crippen LogP contribution is 2.39. The number of amides is 1. The van der Waals surface area contributed by atoms with Gasteiger partial charge in [-0.2, -0.15) is 0 Å². The fraction of sp³-hybridized carbons (Fsp3) is 0.600. The Bertz CT molecular complexity index is 500. The molecule has 0 unspecified atom stereocenters. The number of nitrogens with zero attached hydrogens (tertiary/aromatic N) is 1. The number of hydrogen-bond acceptors (Lipinski definition) is 3. The molecule has 4 nitrogen and oxygen atoms in total. The molecule has 0 bridgehead atoms. The van der Waals surface area contributed by atoms with E-state index in [1.807, 2.05) is 0 Å². The molecule has 1 aliphatic heterocycles. The monoisotopic (exact) mass is 294 g/mol. The molecule has 1 atom stereocenters. The molecule has 5 heteroatoms. The van der Waals surface area contributed by atoms with Crippen molar-refractivity contribution in [3.05, 3.63) is 29.0 Å². The summed E-state index contributed by atoms with van der Waals surface area (Å²) in [4.78, 5) is 16.1. The van der Waals surface area contributed by atoms with Gasteiger partial charge in [0.2, 0.25) is 0 Å². The van der Waals surface area contributed by atoms with Gasteiger partial charge in [0, 0.05) is 12.4 Å². The van der Waals surface area contributed by atoms with E-state index < -0.39 is 0 Å². The molecule has 1 aromatic heterocycles. The molecule has 1 aliphatic carbocycles. The molecule has 2 fully saturated rings. The van der Waals surface area contributed by atoms with E-state index in [1.165, 1.54) is 25.5 Å². The summed E-state index contributed by atoms with van der Waals surface area (Å²) in [5, 5.41) is 3.42. The van der Waals surface area contributed by atoms with E-state index in [2.05, 4.69) is 10.3 Å². The number of nitrogens with one attached hydrogen (secondary N) is 1. The van der Waals surface area contributed by atoms with Crippen LogP contribution in [0.1, 0.15) is 48.9 Å². The molecule has 108 valence electrons. The van der Waals surface area contributed by atoms with Gasteiger partial charge >= 0.3 is 0 Å². The second kappa shape index (κ2) is 5.70. The third kappa shape index (κ3) is 2.81. The molecular formula is C15H19ClN2O2. The van der Waals surface area contributed by atoms with Crippen LogP contribution in [0.15, 0.2) is 18.5 Å². The zero-order valence-corrected chi connectivity index (χ0v) is 12.2. The molecule has 1 aromatic rings. The first-order valence-corrected chi connectivity index (χ1v) is 7.61. The Morgan fingerprint density at radius 2 is 2.20 bits per heavy atom. The van der Waals surface area contributed by atoms with Crippen molar-refractivity contribution in [3.63, 3.8) is 0 Å². The summed E-state index contributed by atoms with van der Waals surface area (Å²) in [5.41, 5.74) is 0.490. The van der Waals surface area contributed by atoms with E-state index in [1.54, 1.807) is 12.3 Å². The average Bonchev–Trinajstić information content (AvgIpc) is 2.82. The number of pyridine rings is 1. The highest BCUT2D eigenvalue weighted by Gasteiger charge is 2.41. The Kier molecular flexibility index (Phi) is 3.94. The van der Waals surface area contributed by atoms with Gasteiger partial charge in [0.15, 0.2) is 0 Å². The second-order valence-electron chi connectivity index (χ2n) is 5.78. The lowest BCUT2D eigenvalue weighted by Crippen LogP contribution is -2.37. The fourth-order valence-electron chi connectivity index (χ4n) is 3.30. The van der Waals surface area contributed by atoms with Crippen LogP contribution in [-0.2, 0) is 4.74 Å². The summed E-state index contributed by atoms with van der Waals surface area (Å²) in [7, 11) is 0. The molecule has 1 N–H and O–H groups in total. The van der Waals surface area contributed by atoms with Gasteiger partial charge in [0.05, 0.1) is 28.8 Å². The minimum Gasteiger partial charge on any atom is -0.373 e. The maximum absolute atomic E-state index is 12.2. The summed E-state index contributed by atoms with van der Waals surface area (Å²) in [6, 6.07) is 1.73. The van der Waals surface area contributed by atoms with Crippen LogP contribution in [0.2, 0.25) is 5.02 Å². The Hall–Kier alpha value is -1.13. The minimum absolute atomic E-state index is 0.0121. The van der Waals surface area contributed by atoms with Crippen molar-refractivity contribution in [1.29, 1.82) is 0 Å². The topological polar surface area (TPSA) is 51.2 Å². The van der Waals surface area contributed by atoms with Crippen molar-refractivity contribution in [2.75, 3.05) is 6.61 Å². The first-order valence-electron chi connectivity index (χ1n) is 7.23. The van der Waals surface area contributed by atoms with Gasteiger partial charge in [-0.15, -0.1) is 0 Å². The maximum Gasteiger partial charge on any atom is 0.253 e. The minimum atomic E-state index is -0.140. The number of carbonyl (C=O) groups is 1. The molecule has 1 saturated heterocycles. The van der Waals surface area contributed by atoms with Crippen LogP contribution in [0.25, 0.3) is 0 Å². The zero-order chi connectivity index (χ0) is 14.0. The largest absolute Gasteiger partial charge is 0.373 e. The van der Waals surface area contributed by atoms with Crippen LogP contribution in [-0.4, -0.2) is 29.1 Å². The van der Waals surface area contributed by atoms with E-state index in [-0.39, 0.29) is 17.6 Å². The zero-order valence-electron chi connectivity index (χ0n) is 11.4. The molecule has 3 rings (SSSR count). The smallest absolute Gasteiger partial charge is 0.253 e. The van der Waals surface area contributed by atoms with Crippen LogP contribution in [0, 0.1) is 0 Å². The molecule has 2 heterocycles. The third-order valence-corrected chi connectivity index (χ3v) is 4.63. The SMILES string of the molecule is O=C(N[C@H]1COC2(CCCCC2)C1)c1ccncc1Cl. The van der Waals surface area contributed by atoms with Gasteiger partial charge in [-0.25, -0.2) is 0 Å². The van der Waals surface area contributed by atoms with E-state index >= 15 is 0 Å². The van der Waals surface area contributed by atoms with Gasteiger partial charge < -0.3 is 10.1 Å². The average molecular weight is 295 g/mol. The highest BCUT2D eigenvalue weighted by atomic mass is 35.5. The summed E-state index contributed by atoms with van der Waals surface area (Å²) < 4.78 is 6.00. The lowest BCUT2D eigenvalue weighted by molar-refractivity contribution is -0.0246. The van der Waals surface area contributed by atoms with Gasteiger partial charge in [0.25, 0.3) is 5.91 Å². The van der Waals surface area contributed by atoms with Gasteiger partial charge in [0.1, 0.15) is 0 Å². The first kappa shape index (κ1) is 13.8. The number of halogens is 1. The van der Waals surface area contributed by atoms with Crippen molar-refractivity contribution in [2.24, 2.45) is 0 Å². The van der Waals surface area contributed by atoms with Crippen LogP contribution in [0.3, 0.4) is 0 Å². The lowest BCUT2D eigenvalue weighted by atomic mass is 9.82. The van der Waals surface area contributed by atoms with Crippen molar-refractivity contribution in [1.82, 2.24) is 10.3 Å². The quantitative estimate of drug-likeness (QED) is 0.912. The Morgan fingerprint density at radius 1 is 1.40 bits per heavy atom. The molecule has 20 heavy (non-hydrogen) atoms. The lowest BCUT2D eigenvalue weighted by Gasteiger charge is -2.32. The van der Waals surface area contributed by atoms with Crippen molar-refractivity contribution in [2.45, 2.75) is 50.2 Å². The van der Waals surface area contributed by atoms with Crippen molar-refractivity contribution in [3.8, 4) is 0 Å². The number of aromatic nitrogens is 1. The van der Waals surface area contributed by atoms with Crippen molar-refractivity contribution >= 4 is 17.5 Å². The fourth-order valence-corrected chi connectivity index (χ4v) is 3.51. The van der Waals surface area contributed by atoms with Gasteiger partial charge in [-0.1, -0.05) is 30.9 Å². The molecule has 1 amide bonds. The Morgan fingerprint density at radius 3 is 2.95 bits per heavy atom. The normalized spacial score (nSPS) is 24.8. The molecule has 1 saturated carbocycles. The second-order valence-corrected chi connectivity index (χ2v) is 6.19. The molecular weight excluding hydrogens is 276 g/mol. The molecule has 1 spiro atoms. The number of hydrogen-bond donors (Lipinski definition) is 1. The van der Waals surface area contributed by atoms with Crippen LogP contribution in [0.5, 0.6) is 0 Å². The van der Waals surface area contributed by atoms with Crippen LogP contribution >= 0.6 is 11.6 Å². The number of rotatable bonds is 2. The summed E-state index contributed by atoms with van der Waals surface area (Å²) >= 11 is 5.99. The Balaban J connectivity index is 1.62. The summed E-state index contributed by atoms with van der Waals surface area (Å²) in [6.45, 7) is 0.606. The first-order chi connectivity index (χ1) is 9.69. The summed E-state index contributed by atoms with van der Waals surface area (Å²) in [5.74, 6) is -0.140. The predicted molar refractivity (Wildman–Crippen MR) is 76.9 cm³/mol. The molecule has 0 aromatic carbocycles. The van der Waals surface area contributed by atoms with Gasteiger partial charge in [-0.3, -0.25) is 9.78 Å². The molecule has 2 aliphatic rings. The van der Waals surface area contributed by atoms with Crippen molar-refractivity contribution < 1.29 is 9.53 Å². The maximum atomic E-state index is 12.2. The number of carbonyl (C=O) groups excluding carboxylic acids is 1. The van der Waals surface area contributed by atoms with Crippen LogP contribution < -0.4 is 5.32 Å². The predicted octanol–water partition coefficient (Wildman–Crippen LogP) is 2.96. The third-order valence-electron chi connectivity index (χ3n) is 4.33. The highest BCUT2D eigenvalue weighted by molar-refractivity contribution is 6.33. The van der Waals surface area contributed by atoms with E-state index in [0.29, 0.717) is 17.2 Å².